The van der Waals surface area contributed by atoms with E-state index in [1.54, 1.807) is 0 Å². The van der Waals surface area contributed by atoms with Crippen molar-refractivity contribution in [1.82, 2.24) is 0 Å². The molecule has 0 radical (unpaired) electrons. The fourth-order valence-electron chi connectivity index (χ4n) is 1.80. The molecule has 0 bridgehead atoms. The van der Waals surface area contributed by atoms with Crippen molar-refractivity contribution in [3.05, 3.63) is 12.3 Å². The number of ether oxygens (including phenoxy) is 1. The van der Waals surface area contributed by atoms with Crippen molar-refractivity contribution < 1.29 is 13.6 Å². The average molecular weight is 333 g/mol. The van der Waals surface area contributed by atoms with Crippen molar-refractivity contribution >= 4 is 16.6 Å². The molecule has 21 heavy (non-hydrogen) atoms. The minimum atomic E-state index is -1.62. The Morgan fingerprint density at radius 2 is 1.57 bits per heavy atom. The first kappa shape index (κ1) is 20.9. The van der Waals surface area contributed by atoms with Gasteiger partial charge in [0.1, 0.15) is 0 Å². The quantitative estimate of drug-likeness (QED) is 0.314. The van der Waals surface area contributed by atoms with Gasteiger partial charge in [-0.3, -0.25) is 0 Å². The maximum atomic E-state index is 6.08. The molecule has 3 nitrogen and oxygen atoms in total. The van der Waals surface area contributed by atoms with Crippen LogP contribution < -0.4 is 0 Å². The SMILES string of the molecule is C=C(C)O[Si](C)(C)CCCOCCO[Si](C)(C)C(C)(C)C. The summed E-state index contributed by atoms with van der Waals surface area (Å²) in [6.45, 7) is 23.7. The highest BCUT2D eigenvalue weighted by Gasteiger charge is 2.36. The number of allylic oxidation sites excluding steroid dienone is 1. The number of rotatable bonds is 10. The summed E-state index contributed by atoms with van der Waals surface area (Å²) in [5.74, 6) is 0.829. The largest absolute Gasteiger partial charge is 0.548 e. The Hall–Kier alpha value is -0.106. The lowest BCUT2D eigenvalue weighted by atomic mass is 10.2. The van der Waals surface area contributed by atoms with Gasteiger partial charge in [-0.15, -0.1) is 0 Å². The molecule has 0 aliphatic rings. The van der Waals surface area contributed by atoms with E-state index in [0.717, 1.165) is 24.8 Å². The van der Waals surface area contributed by atoms with E-state index in [1.807, 2.05) is 6.92 Å². The van der Waals surface area contributed by atoms with Crippen LogP contribution in [0.15, 0.2) is 12.3 Å². The summed E-state index contributed by atoms with van der Waals surface area (Å²) in [7, 11) is -3.22. The van der Waals surface area contributed by atoms with Crippen LogP contribution in [0.3, 0.4) is 0 Å². The Morgan fingerprint density at radius 3 is 2.05 bits per heavy atom. The zero-order chi connectivity index (χ0) is 16.7. The van der Waals surface area contributed by atoms with E-state index in [1.165, 1.54) is 0 Å². The van der Waals surface area contributed by atoms with Crippen molar-refractivity contribution in [1.29, 1.82) is 0 Å². The molecule has 0 amide bonds. The third-order valence-corrected chi connectivity index (χ3v) is 11.0. The molecular weight excluding hydrogens is 296 g/mol. The van der Waals surface area contributed by atoms with Gasteiger partial charge in [-0.05, 0) is 50.6 Å². The minimum Gasteiger partial charge on any atom is -0.548 e. The van der Waals surface area contributed by atoms with Gasteiger partial charge >= 0.3 is 0 Å². The third-order valence-electron chi connectivity index (χ3n) is 4.01. The highest BCUT2D eigenvalue weighted by atomic mass is 28.4. The Kier molecular flexibility index (Phi) is 8.46. The van der Waals surface area contributed by atoms with Crippen LogP contribution in [0.4, 0.5) is 0 Å². The van der Waals surface area contributed by atoms with Crippen LogP contribution in [0.1, 0.15) is 34.1 Å². The molecule has 0 saturated carbocycles. The molecule has 0 aliphatic heterocycles. The van der Waals surface area contributed by atoms with Crippen LogP contribution in [-0.4, -0.2) is 36.5 Å². The third kappa shape index (κ3) is 9.50. The van der Waals surface area contributed by atoms with Gasteiger partial charge in [0.2, 0.25) is 8.32 Å². The van der Waals surface area contributed by atoms with Crippen LogP contribution in [0.25, 0.3) is 0 Å². The van der Waals surface area contributed by atoms with E-state index in [2.05, 4.69) is 53.5 Å². The second-order valence-electron chi connectivity index (χ2n) is 7.89. The maximum Gasteiger partial charge on any atom is 0.244 e. The smallest absolute Gasteiger partial charge is 0.244 e. The Balaban J connectivity index is 3.73. The lowest BCUT2D eigenvalue weighted by Crippen LogP contribution is -2.41. The van der Waals surface area contributed by atoms with Crippen LogP contribution in [-0.2, 0) is 13.6 Å². The maximum absolute atomic E-state index is 6.08. The van der Waals surface area contributed by atoms with Gasteiger partial charge in [0.25, 0.3) is 0 Å². The summed E-state index contributed by atoms with van der Waals surface area (Å²) in [6, 6.07) is 1.10. The van der Waals surface area contributed by atoms with Crippen molar-refractivity contribution in [3.63, 3.8) is 0 Å². The molecule has 126 valence electrons. The molecular formula is C16H36O3Si2. The molecule has 0 atom stereocenters. The van der Waals surface area contributed by atoms with Crippen molar-refractivity contribution in [3.8, 4) is 0 Å². The highest BCUT2D eigenvalue weighted by Crippen LogP contribution is 2.36. The van der Waals surface area contributed by atoms with Gasteiger partial charge in [-0.2, -0.15) is 0 Å². The lowest BCUT2D eigenvalue weighted by Gasteiger charge is -2.36. The molecule has 0 heterocycles. The van der Waals surface area contributed by atoms with Gasteiger partial charge in [-0.25, -0.2) is 0 Å². The lowest BCUT2D eigenvalue weighted by molar-refractivity contribution is 0.0953. The first-order valence-electron chi connectivity index (χ1n) is 7.94. The molecule has 0 rings (SSSR count). The minimum absolute atomic E-state index is 0.266. The molecule has 0 unspecified atom stereocenters. The zero-order valence-corrected chi connectivity index (χ0v) is 17.5. The Labute approximate surface area is 134 Å². The molecule has 0 N–H and O–H groups in total. The predicted octanol–water partition coefficient (Wildman–Crippen LogP) is 5.17. The van der Waals surface area contributed by atoms with Gasteiger partial charge in [0.05, 0.1) is 19.0 Å². The molecule has 0 fully saturated rings. The van der Waals surface area contributed by atoms with Crippen LogP contribution in [0.5, 0.6) is 0 Å². The van der Waals surface area contributed by atoms with E-state index in [0.29, 0.717) is 13.2 Å². The monoisotopic (exact) mass is 332 g/mol. The van der Waals surface area contributed by atoms with Gasteiger partial charge in [-0.1, -0.05) is 27.4 Å². The first-order valence-corrected chi connectivity index (χ1v) is 14.0. The number of hydrogen-bond acceptors (Lipinski definition) is 3. The molecule has 0 spiro atoms. The molecule has 5 heteroatoms. The zero-order valence-electron chi connectivity index (χ0n) is 15.5. The van der Waals surface area contributed by atoms with Crippen molar-refractivity contribution in [2.45, 2.75) is 71.4 Å². The van der Waals surface area contributed by atoms with Gasteiger partial charge < -0.3 is 13.6 Å². The summed E-state index contributed by atoms with van der Waals surface area (Å²) in [6.07, 6.45) is 1.05. The first-order chi connectivity index (χ1) is 9.37. The van der Waals surface area contributed by atoms with Gasteiger partial charge in [0.15, 0.2) is 8.32 Å². The van der Waals surface area contributed by atoms with E-state index >= 15 is 0 Å². The normalized spacial score (nSPS) is 13.3. The fraction of sp³-hybridized carbons (Fsp3) is 0.875. The van der Waals surface area contributed by atoms with Crippen LogP contribution in [0.2, 0.25) is 37.3 Å². The van der Waals surface area contributed by atoms with Crippen molar-refractivity contribution in [2.75, 3.05) is 19.8 Å². The van der Waals surface area contributed by atoms with E-state index < -0.39 is 16.6 Å². The fourth-order valence-corrected chi connectivity index (χ4v) is 4.86. The Morgan fingerprint density at radius 1 is 1.00 bits per heavy atom. The standard InChI is InChI=1S/C16H36O3Si2/c1-15(2)19-20(6,7)14-10-11-17-12-13-18-21(8,9)16(3,4)5/h1,10-14H2,2-9H3. The predicted molar refractivity (Wildman–Crippen MR) is 96.8 cm³/mol. The van der Waals surface area contributed by atoms with E-state index in [-0.39, 0.29) is 5.04 Å². The average Bonchev–Trinajstić information content (AvgIpc) is 2.23. The van der Waals surface area contributed by atoms with Gasteiger partial charge in [0, 0.05) is 6.61 Å². The molecule has 0 aromatic heterocycles. The molecule has 0 aromatic rings. The second kappa shape index (κ2) is 8.51. The van der Waals surface area contributed by atoms with Crippen LogP contribution in [0, 0.1) is 0 Å². The van der Waals surface area contributed by atoms with E-state index in [4.69, 9.17) is 13.6 Å². The Bertz CT molecular complexity index is 320. The van der Waals surface area contributed by atoms with Crippen LogP contribution >= 0.6 is 0 Å². The summed E-state index contributed by atoms with van der Waals surface area (Å²) in [5.41, 5.74) is 0. The summed E-state index contributed by atoms with van der Waals surface area (Å²) >= 11 is 0. The summed E-state index contributed by atoms with van der Waals surface area (Å²) in [5, 5.41) is 0.266. The summed E-state index contributed by atoms with van der Waals surface area (Å²) < 4.78 is 17.6. The van der Waals surface area contributed by atoms with E-state index in [9.17, 15) is 0 Å². The topological polar surface area (TPSA) is 27.7 Å². The number of hydrogen-bond donors (Lipinski definition) is 0. The second-order valence-corrected chi connectivity index (χ2v) is 16.9. The molecule has 0 saturated heterocycles. The molecule has 0 aliphatic carbocycles. The highest BCUT2D eigenvalue weighted by molar-refractivity contribution is 6.74. The molecule has 0 aromatic carbocycles. The van der Waals surface area contributed by atoms with Crippen molar-refractivity contribution in [2.24, 2.45) is 0 Å². The summed E-state index contributed by atoms with van der Waals surface area (Å²) in [4.78, 5) is 0.